The molecule has 0 aromatic heterocycles. The predicted octanol–water partition coefficient (Wildman–Crippen LogP) is 2.32. The van der Waals surface area contributed by atoms with Crippen LogP contribution in [-0.2, 0) is 4.79 Å². The lowest BCUT2D eigenvalue weighted by molar-refractivity contribution is -0.125. The maximum Gasteiger partial charge on any atom is 0.222 e. The third-order valence-corrected chi connectivity index (χ3v) is 2.10. The molecule has 0 aromatic carbocycles. The lowest BCUT2D eigenvalue weighted by atomic mass is 10.0. The van der Waals surface area contributed by atoms with Crippen LogP contribution < -0.4 is 5.32 Å². The van der Waals surface area contributed by atoms with Crippen molar-refractivity contribution in [3.63, 3.8) is 0 Å². The number of halogens is 1. The highest BCUT2D eigenvalue weighted by atomic mass is 79.9. The number of carbonyl (C=O) groups excluding carboxylic acids is 1. The van der Waals surface area contributed by atoms with Crippen LogP contribution >= 0.6 is 15.9 Å². The van der Waals surface area contributed by atoms with Crippen molar-refractivity contribution in [3.05, 3.63) is 0 Å². The van der Waals surface area contributed by atoms with Gasteiger partial charge in [0.15, 0.2) is 0 Å². The summed E-state index contributed by atoms with van der Waals surface area (Å²) in [5.41, 5.74) is -0.0924. The minimum atomic E-state index is -0.0924. The number of amides is 1. The van der Waals surface area contributed by atoms with Gasteiger partial charge in [0.1, 0.15) is 0 Å². The quantitative estimate of drug-likeness (QED) is 0.745. The van der Waals surface area contributed by atoms with Crippen molar-refractivity contribution in [2.75, 3.05) is 5.33 Å². The Kier molecular flexibility index (Phi) is 4.83. The molecule has 1 amide bonds. The summed E-state index contributed by atoms with van der Waals surface area (Å²) >= 11 is 3.36. The standard InChI is InChI=1S/C9H18BrNO/c1-7(2)8(12)11-9(3,4)5-6-10/h7H,5-6H2,1-4H3,(H,11,12). The van der Waals surface area contributed by atoms with Crippen LogP contribution in [0.15, 0.2) is 0 Å². The van der Waals surface area contributed by atoms with Crippen molar-refractivity contribution in [2.24, 2.45) is 5.92 Å². The lowest BCUT2D eigenvalue weighted by Crippen LogP contribution is -2.45. The van der Waals surface area contributed by atoms with Gasteiger partial charge in [-0.2, -0.15) is 0 Å². The summed E-state index contributed by atoms with van der Waals surface area (Å²) in [6.07, 6.45) is 0.950. The highest BCUT2D eigenvalue weighted by molar-refractivity contribution is 9.09. The summed E-state index contributed by atoms with van der Waals surface area (Å²) in [4.78, 5) is 11.3. The minimum Gasteiger partial charge on any atom is -0.351 e. The van der Waals surface area contributed by atoms with Crippen LogP contribution in [0.3, 0.4) is 0 Å². The largest absolute Gasteiger partial charge is 0.351 e. The van der Waals surface area contributed by atoms with Crippen LogP contribution in [0.2, 0.25) is 0 Å². The second-order valence-electron chi connectivity index (χ2n) is 3.97. The van der Waals surface area contributed by atoms with Crippen LogP contribution in [0, 0.1) is 5.92 Å². The van der Waals surface area contributed by atoms with Crippen LogP contribution in [0.25, 0.3) is 0 Å². The van der Waals surface area contributed by atoms with E-state index in [1.54, 1.807) is 0 Å². The first-order valence-corrected chi connectivity index (χ1v) is 5.39. The fourth-order valence-corrected chi connectivity index (χ4v) is 1.77. The van der Waals surface area contributed by atoms with Gasteiger partial charge in [-0.1, -0.05) is 29.8 Å². The molecule has 0 bridgehead atoms. The molecule has 3 heteroatoms. The van der Waals surface area contributed by atoms with E-state index in [1.165, 1.54) is 0 Å². The molecule has 0 spiro atoms. The Hall–Kier alpha value is -0.0500. The van der Waals surface area contributed by atoms with Gasteiger partial charge in [-0.15, -0.1) is 0 Å². The van der Waals surface area contributed by atoms with Crippen molar-refractivity contribution < 1.29 is 4.79 Å². The number of rotatable bonds is 4. The second-order valence-corrected chi connectivity index (χ2v) is 4.76. The molecule has 0 aliphatic carbocycles. The Labute approximate surface area is 83.2 Å². The third kappa shape index (κ3) is 4.75. The van der Waals surface area contributed by atoms with Crippen LogP contribution in [0.4, 0.5) is 0 Å². The van der Waals surface area contributed by atoms with Crippen molar-refractivity contribution in [1.29, 1.82) is 0 Å². The molecule has 0 aromatic rings. The maximum atomic E-state index is 11.3. The molecule has 0 unspecified atom stereocenters. The molecule has 0 heterocycles. The van der Waals surface area contributed by atoms with Gasteiger partial charge in [0.2, 0.25) is 5.91 Å². The third-order valence-electron chi connectivity index (χ3n) is 1.71. The van der Waals surface area contributed by atoms with Crippen LogP contribution in [0.5, 0.6) is 0 Å². The number of nitrogens with one attached hydrogen (secondary N) is 1. The van der Waals surface area contributed by atoms with Crippen LogP contribution in [-0.4, -0.2) is 16.8 Å². The average molecular weight is 236 g/mol. The Morgan fingerprint density at radius 2 is 2.00 bits per heavy atom. The van der Waals surface area contributed by atoms with Gasteiger partial charge in [-0.05, 0) is 20.3 Å². The van der Waals surface area contributed by atoms with Gasteiger partial charge >= 0.3 is 0 Å². The molecule has 0 saturated heterocycles. The molecule has 0 fully saturated rings. The van der Waals surface area contributed by atoms with E-state index in [9.17, 15) is 4.79 Å². The average Bonchev–Trinajstić information content (AvgIpc) is 1.85. The van der Waals surface area contributed by atoms with E-state index in [0.717, 1.165) is 11.8 Å². The molecule has 0 atom stereocenters. The summed E-state index contributed by atoms with van der Waals surface area (Å²) in [6.45, 7) is 7.88. The Morgan fingerprint density at radius 1 is 1.50 bits per heavy atom. The first-order chi connectivity index (χ1) is 5.39. The molecule has 0 aliphatic heterocycles. The fraction of sp³-hybridized carbons (Fsp3) is 0.889. The molecule has 0 rings (SSSR count). The zero-order valence-corrected chi connectivity index (χ0v) is 9.86. The van der Waals surface area contributed by atoms with Gasteiger partial charge in [0.05, 0.1) is 0 Å². The lowest BCUT2D eigenvalue weighted by Gasteiger charge is -2.26. The van der Waals surface area contributed by atoms with E-state index >= 15 is 0 Å². The topological polar surface area (TPSA) is 29.1 Å². The summed E-state index contributed by atoms with van der Waals surface area (Å²) in [5.74, 6) is 0.195. The Bertz CT molecular complexity index is 155. The van der Waals surface area contributed by atoms with Gasteiger partial charge in [0, 0.05) is 16.8 Å². The number of alkyl halides is 1. The smallest absolute Gasteiger partial charge is 0.222 e. The normalized spacial score (nSPS) is 11.8. The molecular weight excluding hydrogens is 218 g/mol. The Morgan fingerprint density at radius 3 is 2.33 bits per heavy atom. The van der Waals surface area contributed by atoms with Gasteiger partial charge in [-0.3, -0.25) is 4.79 Å². The van der Waals surface area contributed by atoms with Crippen molar-refractivity contribution in [1.82, 2.24) is 5.32 Å². The van der Waals surface area contributed by atoms with Crippen molar-refractivity contribution in [2.45, 2.75) is 39.7 Å². The van der Waals surface area contributed by atoms with Gasteiger partial charge in [0.25, 0.3) is 0 Å². The Balaban J connectivity index is 3.96. The fourth-order valence-electron chi connectivity index (χ4n) is 0.777. The van der Waals surface area contributed by atoms with Crippen molar-refractivity contribution in [3.8, 4) is 0 Å². The summed E-state index contributed by atoms with van der Waals surface area (Å²) in [6, 6.07) is 0. The van der Waals surface area contributed by atoms with E-state index in [0.29, 0.717) is 0 Å². The highest BCUT2D eigenvalue weighted by Crippen LogP contribution is 2.10. The van der Waals surface area contributed by atoms with Crippen molar-refractivity contribution >= 4 is 21.8 Å². The molecule has 1 N–H and O–H groups in total. The number of carbonyl (C=O) groups is 1. The first-order valence-electron chi connectivity index (χ1n) is 4.27. The molecule has 2 nitrogen and oxygen atoms in total. The second kappa shape index (κ2) is 4.85. The van der Waals surface area contributed by atoms with E-state index in [4.69, 9.17) is 0 Å². The monoisotopic (exact) mass is 235 g/mol. The zero-order chi connectivity index (χ0) is 9.78. The van der Waals surface area contributed by atoms with E-state index in [1.807, 2.05) is 27.7 Å². The molecule has 72 valence electrons. The number of hydrogen-bond donors (Lipinski definition) is 1. The summed E-state index contributed by atoms with van der Waals surface area (Å²) in [5, 5.41) is 3.90. The first kappa shape index (κ1) is 11.9. The summed E-state index contributed by atoms with van der Waals surface area (Å²) < 4.78 is 0. The molecule has 0 aliphatic rings. The molecule has 0 saturated carbocycles. The minimum absolute atomic E-state index is 0.0691. The number of hydrogen-bond acceptors (Lipinski definition) is 1. The highest BCUT2D eigenvalue weighted by Gasteiger charge is 2.20. The van der Waals surface area contributed by atoms with E-state index in [2.05, 4.69) is 21.2 Å². The molecule has 12 heavy (non-hydrogen) atoms. The molecule has 0 radical (unpaired) electrons. The summed E-state index contributed by atoms with van der Waals surface area (Å²) in [7, 11) is 0. The van der Waals surface area contributed by atoms with E-state index < -0.39 is 0 Å². The van der Waals surface area contributed by atoms with E-state index in [-0.39, 0.29) is 17.4 Å². The van der Waals surface area contributed by atoms with Gasteiger partial charge < -0.3 is 5.32 Å². The predicted molar refractivity (Wildman–Crippen MR) is 55.5 cm³/mol. The zero-order valence-electron chi connectivity index (χ0n) is 8.28. The van der Waals surface area contributed by atoms with Crippen LogP contribution in [0.1, 0.15) is 34.1 Å². The van der Waals surface area contributed by atoms with Gasteiger partial charge in [-0.25, -0.2) is 0 Å². The maximum absolute atomic E-state index is 11.3. The molecular formula is C9H18BrNO. The SMILES string of the molecule is CC(C)C(=O)NC(C)(C)CCBr.